The molecule has 0 unspecified atom stereocenters. The minimum Gasteiger partial charge on any atom is -0.374 e. The van der Waals surface area contributed by atoms with Gasteiger partial charge in [0.2, 0.25) is 0 Å². The lowest BCUT2D eigenvalue weighted by Crippen LogP contribution is -2.51. The molecule has 4 nitrogen and oxygen atoms in total. The number of unbranched alkanes of at least 4 members (excludes halogenated alkanes) is 13. The lowest BCUT2D eigenvalue weighted by atomic mass is 10.0. The summed E-state index contributed by atoms with van der Waals surface area (Å²) < 4.78 is 19.4. The van der Waals surface area contributed by atoms with E-state index >= 15 is 0 Å². The molecule has 0 heterocycles. The fourth-order valence-corrected chi connectivity index (χ4v) is 7.84. The van der Waals surface area contributed by atoms with Gasteiger partial charge in [0.25, 0.3) is 0 Å². The Morgan fingerprint density at radius 3 is 1.15 bits per heavy atom. The number of rotatable bonds is 27. The number of quaternary nitrogens is 1. The summed E-state index contributed by atoms with van der Waals surface area (Å²) in [5.41, 5.74) is 0. The molecule has 0 aliphatic heterocycles. The van der Waals surface area contributed by atoms with E-state index in [4.69, 9.17) is 13.3 Å². The van der Waals surface area contributed by atoms with Gasteiger partial charge in [-0.3, -0.25) is 0 Å². The van der Waals surface area contributed by atoms with Gasteiger partial charge in [0.05, 0.1) is 26.2 Å². The summed E-state index contributed by atoms with van der Waals surface area (Å²) in [5.74, 6) is 0. The van der Waals surface area contributed by atoms with E-state index in [-0.39, 0.29) is 0 Å². The number of hydrogen-bond donors (Lipinski definition) is 0. The highest BCUT2D eigenvalue weighted by atomic mass is 28.4. The standard InChI is InChI=1S/C29H64NO3Si/c1-7-13-14-15-16-17-18-19-20-21-22-23-24-25-27-30(8-2,9-3)28-26-29-34(31-10-4,32-11-5)33-12-6/h7-29H2,1-6H3/q+1. The highest BCUT2D eigenvalue weighted by Gasteiger charge is 2.40. The summed E-state index contributed by atoms with van der Waals surface area (Å²) in [5, 5.41) is 0. The fraction of sp³-hybridized carbons (Fsp3) is 1.00. The molecule has 0 aromatic rings. The highest BCUT2D eigenvalue weighted by molar-refractivity contribution is 6.60. The van der Waals surface area contributed by atoms with Gasteiger partial charge in [0, 0.05) is 32.3 Å². The first kappa shape index (κ1) is 34.1. The third-order valence-corrected chi connectivity index (χ3v) is 10.7. The van der Waals surface area contributed by atoms with Crippen LogP contribution in [0, 0.1) is 0 Å². The van der Waals surface area contributed by atoms with Crippen LogP contribution in [0.1, 0.15) is 138 Å². The van der Waals surface area contributed by atoms with Gasteiger partial charge in [-0.15, -0.1) is 0 Å². The first-order valence-electron chi connectivity index (χ1n) is 15.3. The van der Waals surface area contributed by atoms with E-state index in [1.165, 1.54) is 121 Å². The van der Waals surface area contributed by atoms with Crippen LogP contribution in [0.25, 0.3) is 0 Å². The second-order valence-corrected chi connectivity index (χ2v) is 12.8. The predicted molar refractivity (Wildman–Crippen MR) is 151 cm³/mol. The molecule has 0 radical (unpaired) electrons. The summed E-state index contributed by atoms with van der Waals surface area (Å²) >= 11 is 0. The third kappa shape index (κ3) is 16.7. The molecular formula is C29H64NO3Si+. The SMILES string of the molecule is CCCCCCCCCCCCCCCC[N+](CC)(CC)CCC[Si](OCC)(OCC)OCC. The fourth-order valence-electron chi connectivity index (χ4n) is 5.24. The number of hydrogen-bond acceptors (Lipinski definition) is 3. The van der Waals surface area contributed by atoms with E-state index in [0.29, 0.717) is 19.8 Å². The van der Waals surface area contributed by atoms with E-state index in [0.717, 1.165) is 12.5 Å². The Balaban J connectivity index is 4.06. The maximum absolute atomic E-state index is 6.07. The van der Waals surface area contributed by atoms with E-state index in [9.17, 15) is 0 Å². The Morgan fingerprint density at radius 1 is 0.441 bits per heavy atom. The van der Waals surface area contributed by atoms with Crippen LogP contribution in [-0.4, -0.2) is 59.3 Å². The van der Waals surface area contributed by atoms with E-state index < -0.39 is 8.80 Å². The molecule has 0 amide bonds. The first-order chi connectivity index (χ1) is 16.6. The minimum atomic E-state index is -2.50. The van der Waals surface area contributed by atoms with Gasteiger partial charge in [0.1, 0.15) is 0 Å². The summed E-state index contributed by atoms with van der Waals surface area (Å²) in [7, 11) is -2.50. The van der Waals surface area contributed by atoms with E-state index in [1.54, 1.807) is 0 Å². The average Bonchev–Trinajstić information content (AvgIpc) is 2.83. The second kappa shape index (κ2) is 23.5. The normalized spacial score (nSPS) is 12.5. The van der Waals surface area contributed by atoms with Crippen molar-refractivity contribution in [3.8, 4) is 0 Å². The van der Waals surface area contributed by atoms with Crippen LogP contribution in [0.4, 0.5) is 0 Å². The molecule has 0 fully saturated rings. The maximum Gasteiger partial charge on any atom is 0.501 e. The lowest BCUT2D eigenvalue weighted by molar-refractivity contribution is -0.925. The zero-order valence-corrected chi connectivity index (χ0v) is 25.4. The molecule has 0 spiro atoms. The van der Waals surface area contributed by atoms with Crippen molar-refractivity contribution in [2.75, 3.05) is 46.0 Å². The minimum absolute atomic E-state index is 0.673. The third-order valence-electron chi connectivity index (χ3n) is 7.54. The largest absolute Gasteiger partial charge is 0.501 e. The summed E-state index contributed by atoms with van der Waals surface area (Å²) in [6.45, 7) is 20.2. The first-order valence-corrected chi connectivity index (χ1v) is 17.3. The van der Waals surface area contributed by atoms with Crippen molar-refractivity contribution < 1.29 is 17.8 Å². The van der Waals surface area contributed by atoms with Crippen molar-refractivity contribution in [2.45, 2.75) is 144 Å². The van der Waals surface area contributed by atoms with Gasteiger partial charge in [-0.05, 0) is 47.5 Å². The summed E-state index contributed by atoms with van der Waals surface area (Å²) in [4.78, 5) is 0. The predicted octanol–water partition coefficient (Wildman–Crippen LogP) is 8.76. The monoisotopic (exact) mass is 502 g/mol. The van der Waals surface area contributed by atoms with Gasteiger partial charge >= 0.3 is 8.80 Å². The molecule has 0 saturated carbocycles. The molecule has 0 aromatic carbocycles. The molecular weight excluding hydrogens is 438 g/mol. The molecule has 0 aromatic heterocycles. The van der Waals surface area contributed by atoms with Crippen molar-refractivity contribution in [3.63, 3.8) is 0 Å². The Hall–Kier alpha value is 0.0569. The Bertz CT molecular complexity index is 401. The van der Waals surface area contributed by atoms with Crippen molar-refractivity contribution >= 4 is 8.80 Å². The zero-order valence-electron chi connectivity index (χ0n) is 24.4. The number of nitrogens with zero attached hydrogens (tertiary/aromatic N) is 1. The van der Waals surface area contributed by atoms with Crippen LogP contribution < -0.4 is 0 Å². The Morgan fingerprint density at radius 2 is 0.794 bits per heavy atom. The zero-order chi connectivity index (χ0) is 25.4. The summed E-state index contributed by atoms with van der Waals surface area (Å²) in [6, 6.07) is 0.946. The second-order valence-electron chi connectivity index (χ2n) is 10.1. The Kier molecular flexibility index (Phi) is 23.5. The molecule has 0 atom stereocenters. The smallest absolute Gasteiger partial charge is 0.374 e. The van der Waals surface area contributed by atoms with E-state index in [2.05, 4.69) is 20.8 Å². The van der Waals surface area contributed by atoms with Crippen molar-refractivity contribution in [1.82, 2.24) is 0 Å². The van der Waals surface area contributed by atoms with Gasteiger partial charge in [0.15, 0.2) is 0 Å². The maximum atomic E-state index is 6.07. The van der Waals surface area contributed by atoms with Gasteiger partial charge < -0.3 is 17.8 Å². The van der Waals surface area contributed by atoms with Crippen LogP contribution in [0.2, 0.25) is 6.04 Å². The van der Waals surface area contributed by atoms with Crippen molar-refractivity contribution in [3.05, 3.63) is 0 Å². The van der Waals surface area contributed by atoms with Gasteiger partial charge in [-0.1, -0.05) is 84.0 Å². The molecule has 0 bridgehead atoms. The molecule has 0 aliphatic rings. The lowest BCUT2D eigenvalue weighted by Gasteiger charge is -2.38. The molecule has 0 saturated heterocycles. The molecule has 5 heteroatoms. The van der Waals surface area contributed by atoms with Crippen LogP contribution >= 0.6 is 0 Å². The highest BCUT2D eigenvalue weighted by Crippen LogP contribution is 2.21. The van der Waals surface area contributed by atoms with Crippen LogP contribution in [-0.2, 0) is 13.3 Å². The molecule has 34 heavy (non-hydrogen) atoms. The average molecular weight is 503 g/mol. The van der Waals surface area contributed by atoms with Crippen molar-refractivity contribution in [1.29, 1.82) is 0 Å². The summed E-state index contributed by atoms with van der Waals surface area (Å²) in [6.07, 6.45) is 21.1. The molecule has 0 rings (SSSR count). The van der Waals surface area contributed by atoms with Crippen molar-refractivity contribution in [2.24, 2.45) is 0 Å². The Labute approximate surface area is 216 Å². The molecule has 206 valence electrons. The van der Waals surface area contributed by atoms with Crippen LogP contribution in [0.15, 0.2) is 0 Å². The van der Waals surface area contributed by atoms with Crippen LogP contribution in [0.3, 0.4) is 0 Å². The quantitative estimate of drug-likeness (QED) is 0.0638. The molecule has 0 N–H and O–H groups in total. The van der Waals surface area contributed by atoms with Gasteiger partial charge in [-0.2, -0.15) is 0 Å². The topological polar surface area (TPSA) is 27.7 Å². The van der Waals surface area contributed by atoms with E-state index in [1.807, 2.05) is 20.8 Å². The van der Waals surface area contributed by atoms with Crippen LogP contribution in [0.5, 0.6) is 0 Å². The molecule has 0 aliphatic carbocycles. The van der Waals surface area contributed by atoms with Gasteiger partial charge in [-0.25, -0.2) is 0 Å².